The second kappa shape index (κ2) is 5.69. The first-order valence-corrected chi connectivity index (χ1v) is 8.64. The number of nitrogen functional groups attached to an aromatic ring is 1. The zero-order chi connectivity index (χ0) is 15.8. The minimum atomic E-state index is -3.68. The van der Waals surface area contributed by atoms with E-state index in [1.165, 1.54) is 0 Å². The lowest BCUT2D eigenvalue weighted by Crippen LogP contribution is -2.17. The monoisotopic (exact) mass is 368 g/mol. The second-order valence-corrected chi connectivity index (χ2v) is 7.51. The Morgan fingerprint density at radius 1 is 1.05 bits per heavy atom. The van der Waals surface area contributed by atoms with Crippen molar-refractivity contribution in [2.24, 2.45) is 0 Å². The molecule has 21 heavy (non-hydrogen) atoms. The van der Waals surface area contributed by atoms with E-state index in [0.29, 0.717) is 22.5 Å². The lowest BCUT2D eigenvalue weighted by atomic mass is 10.1. The van der Waals surface area contributed by atoms with Crippen LogP contribution < -0.4 is 10.5 Å². The van der Waals surface area contributed by atoms with Gasteiger partial charge in [0.25, 0.3) is 10.0 Å². The van der Waals surface area contributed by atoms with Crippen molar-refractivity contribution in [2.45, 2.75) is 25.7 Å². The Morgan fingerprint density at radius 2 is 1.62 bits per heavy atom. The fraction of sp³-hybridized carbons (Fsp3) is 0.200. The SMILES string of the molecule is Cc1cc(N)c(C)c(S(=O)(=O)Nc2ccc(Br)cc2)c1C. The van der Waals surface area contributed by atoms with Crippen molar-refractivity contribution < 1.29 is 8.42 Å². The summed E-state index contributed by atoms with van der Waals surface area (Å²) >= 11 is 3.32. The van der Waals surface area contributed by atoms with Crippen LogP contribution in [0.1, 0.15) is 16.7 Å². The Balaban J connectivity index is 2.52. The van der Waals surface area contributed by atoms with E-state index in [9.17, 15) is 8.42 Å². The first-order valence-electron chi connectivity index (χ1n) is 6.37. The third kappa shape index (κ3) is 3.22. The van der Waals surface area contributed by atoms with Gasteiger partial charge in [-0.1, -0.05) is 15.9 Å². The van der Waals surface area contributed by atoms with Gasteiger partial charge in [-0.2, -0.15) is 0 Å². The van der Waals surface area contributed by atoms with Crippen molar-refractivity contribution >= 4 is 37.3 Å². The van der Waals surface area contributed by atoms with Gasteiger partial charge in [-0.05, 0) is 67.8 Å². The third-order valence-corrected chi connectivity index (χ3v) is 5.63. The summed E-state index contributed by atoms with van der Waals surface area (Å²) in [4.78, 5) is 0.253. The van der Waals surface area contributed by atoms with Gasteiger partial charge in [-0.15, -0.1) is 0 Å². The van der Waals surface area contributed by atoms with Gasteiger partial charge in [0.05, 0.1) is 4.90 Å². The molecular weight excluding hydrogens is 352 g/mol. The summed E-state index contributed by atoms with van der Waals surface area (Å²) in [5.74, 6) is 0. The zero-order valence-corrected chi connectivity index (χ0v) is 14.5. The molecule has 0 spiro atoms. The number of halogens is 1. The van der Waals surface area contributed by atoms with E-state index < -0.39 is 10.0 Å². The number of rotatable bonds is 3. The Hall–Kier alpha value is -1.53. The van der Waals surface area contributed by atoms with Crippen LogP contribution in [0.4, 0.5) is 11.4 Å². The van der Waals surface area contributed by atoms with E-state index in [0.717, 1.165) is 10.0 Å². The summed E-state index contributed by atoms with van der Waals surface area (Å²) in [6, 6.07) is 8.75. The van der Waals surface area contributed by atoms with Crippen LogP contribution >= 0.6 is 15.9 Å². The van der Waals surface area contributed by atoms with Gasteiger partial charge in [0, 0.05) is 15.8 Å². The van der Waals surface area contributed by atoms with Crippen molar-refractivity contribution in [3.63, 3.8) is 0 Å². The predicted octanol–water partition coefficient (Wildman–Crippen LogP) is 3.76. The summed E-state index contributed by atoms with van der Waals surface area (Å²) in [5.41, 5.74) is 9.04. The highest BCUT2D eigenvalue weighted by Crippen LogP contribution is 2.29. The molecule has 0 aliphatic rings. The molecule has 0 unspecified atom stereocenters. The van der Waals surface area contributed by atoms with Gasteiger partial charge >= 0.3 is 0 Å². The average Bonchev–Trinajstić information content (AvgIpc) is 2.39. The van der Waals surface area contributed by atoms with Crippen LogP contribution in [0.25, 0.3) is 0 Å². The van der Waals surface area contributed by atoms with E-state index in [-0.39, 0.29) is 4.90 Å². The summed E-state index contributed by atoms with van der Waals surface area (Å²) in [5, 5.41) is 0. The number of nitrogens with two attached hydrogens (primary N) is 1. The van der Waals surface area contributed by atoms with Crippen molar-refractivity contribution in [1.82, 2.24) is 0 Å². The number of aryl methyl sites for hydroxylation is 1. The average molecular weight is 369 g/mol. The third-order valence-electron chi connectivity index (χ3n) is 3.44. The molecule has 3 N–H and O–H groups in total. The van der Waals surface area contributed by atoms with Gasteiger partial charge in [0.15, 0.2) is 0 Å². The minimum Gasteiger partial charge on any atom is -0.398 e. The summed E-state index contributed by atoms with van der Waals surface area (Å²) in [7, 11) is -3.68. The molecule has 0 amide bonds. The largest absolute Gasteiger partial charge is 0.398 e. The van der Waals surface area contributed by atoms with Crippen LogP contribution in [0, 0.1) is 20.8 Å². The molecule has 0 fully saturated rings. The van der Waals surface area contributed by atoms with E-state index >= 15 is 0 Å². The van der Waals surface area contributed by atoms with Gasteiger partial charge in [-0.3, -0.25) is 4.72 Å². The molecular formula is C15H17BrN2O2S. The van der Waals surface area contributed by atoms with Crippen LogP contribution in [-0.2, 0) is 10.0 Å². The van der Waals surface area contributed by atoms with Gasteiger partial charge < -0.3 is 5.73 Å². The maximum Gasteiger partial charge on any atom is 0.262 e. The molecule has 4 nitrogen and oxygen atoms in total. The van der Waals surface area contributed by atoms with Crippen LogP contribution in [-0.4, -0.2) is 8.42 Å². The normalized spacial score (nSPS) is 11.4. The Bertz CT molecular complexity index is 758. The minimum absolute atomic E-state index is 0.253. The van der Waals surface area contributed by atoms with Crippen molar-refractivity contribution in [1.29, 1.82) is 0 Å². The highest BCUT2D eigenvalue weighted by molar-refractivity contribution is 9.10. The smallest absolute Gasteiger partial charge is 0.262 e. The van der Waals surface area contributed by atoms with E-state index in [2.05, 4.69) is 20.7 Å². The molecule has 0 saturated heterocycles. The number of nitrogens with one attached hydrogen (secondary N) is 1. The molecule has 0 saturated carbocycles. The van der Waals surface area contributed by atoms with Gasteiger partial charge in [0.1, 0.15) is 0 Å². The molecule has 112 valence electrons. The second-order valence-electron chi connectivity index (χ2n) is 4.97. The molecule has 6 heteroatoms. The summed E-state index contributed by atoms with van der Waals surface area (Å²) in [6.45, 7) is 5.36. The maximum atomic E-state index is 12.7. The number of anilines is 2. The van der Waals surface area contributed by atoms with Crippen LogP contribution in [0.15, 0.2) is 39.7 Å². The van der Waals surface area contributed by atoms with Crippen molar-refractivity contribution in [3.8, 4) is 0 Å². The van der Waals surface area contributed by atoms with Crippen LogP contribution in [0.5, 0.6) is 0 Å². The highest BCUT2D eigenvalue weighted by Gasteiger charge is 2.22. The highest BCUT2D eigenvalue weighted by atomic mass is 79.9. The zero-order valence-electron chi connectivity index (χ0n) is 12.1. The Morgan fingerprint density at radius 3 is 2.19 bits per heavy atom. The molecule has 0 heterocycles. The van der Waals surface area contributed by atoms with Crippen molar-refractivity contribution in [2.75, 3.05) is 10.5 Å². The summed E-state index contributed by atoms with van der Waals surface area (Å²) < 4.78 is 28.8. The molecule has 0 atom stereocenters. The lowest BCUT2D eigenvalue weighted by molar-refractivity contribution is 0.600. The quantitative estimate of drug-likeness (QED) is 0.810. The van der Waals surface area contributed by atoms with E-state index in [1.807, 2.05) is 6.92 Å². The molecule has 0 aromatic heterocycles. The fourth-order valence-electron chi connectivity index (χ4n) is 2.17. The Labute approximate surface area is 133 Å². The number of hydrogen-bond acceptors (Lipinski definition) is 3. The molecule has 0 aliphatic heterocycles. The maximum absolute atomic E-state index is 12.7. The molecule has 2 aromatic rings. The number of hydrogen-bond donors (Lipinski definition) is 2. The first-order chi connectivity index (χ1) is 9.72. The summed E-state index contributed by atoms with van der Waals surface area (Å²) in [6.07, 6.45) is 0. The number of benzene rings is 2. The molecule has 0 bridgehead atoms. The standard InChI is InChI=1S/C15H17BrN2O2S/c1-9-8-14(17)11(3)15(10(9)2)21(19,20)18-13-6-4-12(16)5-7-13/h4-8,18H,17H2,1-3H3. The lowest BCUT2D eigenvalue weighted by Gasteiger charge is -2.16. The van der Waals surface area contributed by atoms with Crippen molar-refractivity contribution in [3.05, 3.63) is 51.5 Å². The first kappa shape index (κ1) is 15.9. The van der Waals surface area contributed by atoms with E-state index in [1.54, 1.807) is 44.2 Å². The molecule has 0 radical (unpaired) electrons. The van der Waals surface area contributed by atoms with E-state index in [4.69, 9.17) is 5.73 Å². The topological polar surface area (TPSA) is 72.2 Å². The fourth-order valence-corrected chi connectivity index (χ4v) is 4.07. The number of sulfonamides is 1. The van der Waals surface area contributed by atoms with Gasteiger partial charge in [-0.25, -0.2) is 8.42 Å². The van der Waals surface area contributed by atoms with Crippen LogP contribution in [0.2, 0.25) is 0 Å². The van der Waals surface area contributed by atoms with Gasteiger partial charge in [0.2, 0.25) is 0 Å². The molecule has 2 aromatic carbocycles. The van der Waals surface area contributed by atoms with Crippen LogP contribution in [0.3, 0.4) is 0 Å². The molecule has 0 aliphatic carbocycles. The Kier molecular flexibility index (Phi) is 4.30. The molecule has 2 rings (SSSR count). The predicted molar refractivity (Wildman–Crippen MR) is 90.0 cm³/mol.